The maximum Gasteiger partial charge on any atom is 0.241 e. The second-order valence-electron chi connectivity index (χ2n) is 7.15. The second-order valence-corrected chi connectivity index (χ2v) is 7.15. The lowest BCUT2D eigenvalue weighted by Gasteiger charge is -2.23. The molecular formula is C20H28N4O2. The van der Waals surface area contributed by atoms with Crippen molar-refractivity contribution in [2.75, 3.05) is 18.4 Å². The van der Waals surface area contributed by atoms with Gasteiger partial charge in [0.2, 0.25) is 5.91 Å². The Hall–Kier alpha value is -2.18. The van der Waals surface area contributed by atoms with Crippen molar-refractivity contribution in [2.24, 2.45) is 5.92 Å². The summed E-state index contributed by atoms with van der Waals surface area (Å²) in [5.41, 5.74) is 3.43. The van der Waals surface area contributed by atoms with E-state index in [4.69, 9.17) is 0 Å². The number of anilines is 1. The molecule has 0 radical (unpaired) electrons. The number of hydrogen-bond acceptors (Lipinski definition) is 4. The highest BCUT2D eigenvalue weighted by molar-refractivity contribution is 5.95. The first-order valence-electron chi connectivity index (χ1n) is 9.27. The van der Waals surface area contributed by atoms with Gasteiger partial charge >= 0.3 is 0 Å². The predicted octanol–water partition coefficient (Wildman–Crippen LogP) is 2.52. The molecule has 1 aromatic heterocycles. The van der Waals surface area contributed by atoms with Gasteiger partial charge in [0, 0.05) is 13.1 Å². The van der Waals surface area contributed by atoms with E-state index in [-0.39, 0.29) is 24.0 Å². The Balaban J connectivity index is 1.75. The van der Waals surface area contributed by atoms with Crippen molar-refractivity contribution in [3.05, 3.63) is 41.7 Å². The maximum absolute atomic E-state index is 12.8. The molecule has 0 spiro atoms. The fraction of sp³-hybridized carbons (Fsp3) is 0.500. The van der Waals surface area contributed by atoms with Crippen LogP contribution in [0.1, 0.15) is 31.7 Å². The summed E-state index contributed by atoms with van der Waals surface area (Å²) in [6, 6.07) is 9.59. The summed E-state index contributed by atoms with van der Waals surface area (Å²) in [5, 5.41) is 17.7. The second kappa shape index (κ2) is 7.60. The quantitative estimate of drug-likeness (QED) is 0.864. The molecule has 2 N–H and O–H groups in total. The number of hydrogen-bond donors (Lipinski definition) is 2. The number of likely N-dealkylation sites (tertiary alicyclic amines) is 1. The molecule has 140 valence electrons. The van der Waals surface area contributed by atoms with Gasteiger partial charge in [-0.3, -0.25) is 9.69 Å². The topological polar surface area (TPSA) is 70.4 Å². The number of para-hydroxylation sites is 1. The average Bonchev–Trinajstić information content (AvgIpc) is 3.16. The van der Waals surface area contributed by atoms with Gasteiger partial charge < -0.3 is 10.4 Å². The molecule has 1 saturated heterocycles. The largest absolute Gasteiger partial charge is 0.391 e. The number of aryl methyl sites for hydroxylation is 1. The minimum absolute atomic E-state index is 0.0623. The molecule has 0 saturated carbocycles. The summed E-state index contributed by atoms with van der Waals surface area (Å²) in [7, 11) is 0. The number of aliphatic hydroxyl groups excluding tert-OH is 1. The summed E-state index contributed by atoms with van der Waals surface area (Å²) in [5.74, 6) is 0.183. The molecule has 0 bridgehead atoms. The van der Waals surface area contributed by atoms with Gasteiger partial charge in [-0.15, -0.1) is 0 Å². The summed E-state index contributed by atoms with van der Waals surface area (Å²) in [6.07, 6.45) is 0.577. The molecular weight excluding hydrogens is 328 g/mol. The first kappa shape index (κ1) is 18.6. The van der Waals surface area contributed by atoms with Gasteiger partial charge in [-0.2, -0.15) is 5.10 Å². The molecule has 2 heterocycles. The zero-order valence-corrected chi connectivity index (χ0v) is 15.9. The number of aromatic nitrogens is 2. The minimum atomic E-state index is -0.348. The van der Waals surface area contributed by atoms with E-state index in [0.29, 0.717) is 6.54 Å². The molecule has 3 rings (SSSR count). The van der Waals surface area contributed by atoms with Crippen molar-refractivity contribution >= 4 is 11.6 Å². The van der Waals surface area contributed by atoms with Crippen LogP contribution in [0.4, 0.5) is 5.69 Å². The van der Waals surface area contributed by atoms with Crippen LogP contribution in [0.15, 0.2) is 30.3 Å². The number of β-amino-alcohol motifs (C(OH)–C–C–N with tert-alkyl or cyclic N) is 1. The van der Waals surface area contributed by atoms with Crippen LogP contribution in [0.2, 0.25) is 0 Å². The fourth-order valence-corrected chi connectivity index (χ4v) is 3.64. The van der Waals surface area contributed by atoms with Gasteiger partial charge in [0.15, 0.2) is 0 Å². The number of carbonyl (C=O) groups is 1. The van der Waals surface area contributed by atoms with E-state index in [1.807, 2.05) is 55.8 Å². The first-order chi connectivity index (χ1) is 12.4. The van der Waals surface area contributed by atoms with Gasteiger partial charge in [0.25, 0.3) is 0 Å². The number of nitrogens with one attached hydrogen (secondary N) is 1. The Bertz CT molecular complexity index is 772. The average molecular weight is 356 g/mol. The third-order valence-corrected chi connectivity index (χ3v) is 5.43. The molecule has 2 aromatic rings. The SMILES string of the molecule is CC[C@@H]1CN([C@H](C)C(=O)Nc2c(C)nn(-c3ccccc3)c2C)C[C@H]1O. The monoisotopic (exact) mass is 356 g/mol. The minimum Gasteiger partial charge on any atom is -0.391 e. The molecule has 0 aliphatic carbocycles. The fourth-order valence-electron chi connectivity index (χ4n) is 3.64. The van der Waals surface area contributed by atoms with E-state index in [2.05, 4.69) is 22.2 Å². The number of carbonyl (C=O) groups excluding carboxylic acids is 1. The smallest absolute Gasteiger partial charge is 0.241 e. The van der Waals surface area contributed by atoms with Crippen LogP contribution in [0.5, 0.6) is 0 Å². The molecule has 6 nitrogen and oxygen atoms in total. The number of benzene rings is 1. The highest BCUT2D eigenvalue weighted by Gasteiger charge is 2.35. The van der Waals surface area contributed by atoms with Gasteiger partial charge in [-0.25, -0.2) is 4.68 Å². The Morgan fingerprint density at radius 2 is 2.00 bits per heavy atom. The van der Waals surface area contributed by atoms with Gasteiger partial charge in [0.05, 0.1) is 34.9 Å². The van der Waals surface area contributed by atoms with Crippen molar-refractivity contribution < 1.29 is 9.90 Å². The van der Waals surface area contributed by atoms with Crippen LogP contribution in [0.3, 0.4) is 0 Å². The van der Waals surface area contributed by atoms with Crippen molar-refractivity contribution in [3.63, 3.8) is 0 Å². The summed E-state index contributed by atoms with van der Waals surface area (Å²) >= 11 is 0. The van der Waals surface area contributed by atoms with Gasteiger partial charge in [-0.05, 0) is 45.2 Å². The maximum atomic E-state index is 12.8. The number of rotatable bonds is 5. The lowest BCUT2D eigenvalue weighted by molar-refractivity contribution is -0.120. The molecule has 0 unspecified atom stereocenters. The molecule has 1 aliphatic rings. The molecule has 26 heavy (non-hydrogen) atoms. The molecule has 1 aromatic carbocycles. The van der Waals surface area contributed by atoms with E-state index in [1.54, 1.807) is 0 Å². The Morgan fingerprint density at radius 3 is 2.62 bits per heavy atom. The normalized spacial score (nSPS) is 21.7. The van der Waals surface area contributed by atoms with Crippen molar-refractivity contribution in [1.29, 1.82) is 0 Å². The van der Waals surface area contributed by atoms with Crippen molar-refractivity contribution in [2.45, 2.75) is 46.3 Å². The van der Waals surface area contributed by atoms with Crippen LogP contribution in [0.25, 0.3) is 5.69 Å². The van der Waals surface area contributed by atoms with E-state index >= 15 is 0 Å². The van der Waals surface area contributed by atoms with Crippen LogP contribution in [0, 0.1) is 19.8 Å². The standard InChI is InChI=1S/C20H28N4O2/c1-5-16-11-23(12-18(16)25)15(4)20(26)21-19-13(2)22-24(14(19)3)17-9-7-6-8-10-17/h6-10,15-16,18,25H,5,11-12H2,1-4H3,(H,21,26)/t15-,16-,18-/m1/s1. The molecule has 1 fully saturated rings. The molecule has 1 aliphatic heterocycles. The Labute approximate surface area is 154 Å². The number of amides is 1. The zero-order chi connectivity index (χ0) is 18.8. The third-order valence-electron chi connectivity index (χ3n) is 5.43. The Kier molecular flexibility index (Phi) is 5.44. The number of aliphatic hydroxyl groups is 1. The Morgan fingerprint density at radius 1 is 1.31 bits per heavy atom. The van der Waals surface area contributed by atoms with Gasteiger partial charge in [0.1, 0.15) is 0 Å². The first-order valence-corrected chi connectivity index (χ1v) is 9.27. The molecule has 1 amide bonds. The van der Waals surface area contributed by atoms with Gasteiger partial charge in [-0.1, -0.05) is 25.1 Å². The lowest BCUT2D eigenvalue weighted by Crippen LogP contribution is -2.41. The van der Waals surface area contributed by atoms with E-state index in [0.717, 1.165) is 35.7 Å². The predicted molar refractivity (Wildman–Crippen MR) is 102 cm³/mol. The van der Waals surface area contributed by atoms with Crippen molar-refractivity contribution in [3.8, 4) is 5.69 Å². The number of nitrogens with zero attached hydrogens (tertiary/aromatic N) is 3. The highest BCUT2D eigenvalue weighted by Crippen LogP contribution is 2.25. The lowest BCUT2D eigenvalue weighted by atomic mass is 10.0. The van der Waals surface area contributed by atoms with E-state index < -0.39 is 0 Å². The summed E-state index contributed by atoms with van der Waals surface area (Å²) in [6.45, 7) is 9.14. The third kappa shape index (κ3) is 3.52. The van der Waals surface area contributed by atoms with Crippen LogP contribution < -0.4 is 5.32 Å². The van der Waals surface area contributed by atoms with E-state index in [1.165, 1.54) is 0 Å². The van der Waals surface area contributed by atoms with Crippen molar-refractivity contribution in [1.82, 2.24) is 14.7 Å². The van der Waals surface area contributed by atoms with Crippen LogP contribution in [-0.2, 0) is 4.79 Å². The summed E-state index contributed by atoms with van der Waals surface area (Å²) in [4.78, 5) is 14.8. The van der Waals surface area contributed by atoms with Crippen LogP contribution >= 0.6 is 0 Å². The summed E-state index contributed by atoms with van der Waals surface area (Å²) < 4.78 is 1.85. The highest BCUT2D eigenvalue weighted by atomic mass is 16.3. The molecule has 3 atom stereocenters. The molecule has 6 heteroatoms. The zero-order valence-electron chi connectivity index (χ0n) is 15.9. The van der Waals surface area contributed by atoms with E-state index in [9.17, 15) is 9.90 Å². The van der Waals surface area contributed by atoms with Crippen LogP contribution in [-0.4, -0.2) is 50.9 Å².